The van der Waals surface area contributed by atoms with Crippen LogP contribution in [0.3, 0.4) is 0 Å². The normalized spacial score (nSPS) is 8.86. The van der Waals surface area contributed by atoms with E-state index in [4.69, 9.17) is 5.26 Å². The van der Waals surface area contributed by atoms with Gasteiger partial charge >= 0.3 is 0 Å². The SMILES string of the molecule is CNC(=O)CNc1nnccc1C#N. The summed E-state index contributed by atoms with van der Waals surface area (Å²) >= 11 is 0. The molecule has 1 rings (SSSR count). The first-order valence-electron chi connectivity index (χ1n) is 3.94. The van der Waals surface area contributed by atoms with E-state index in [1.807, 2.05) is 6.07 Å². The summed E-state index contributed by atoms with van der Waals surface area (Å²) in [5, 5.41) is 21.1. The minimum atomic E-state index is -0.181. The highest BCUT2D eigenvalue weighted by atomic mass is 16.1. The van der Waals surface area contributed by atoms with Gasteiger partial charge in [-0.15, -0.1) is 5.10 Å². The van der Waals surface area contributed by atoms with Crippen molar-refractivity contribution in [1.82, 2.24) is 15.5 Å². The first-order chi connectivity index (χ1) is 6.77. The number of amides is 1. The van der Waals surface area contributed by atoms with Gasteiger partial charge in [0.15, 0.2) is 5.82 Å². The third kappa shape index (κ3) is 2.42. The molecule has 1 amide bonds. The molecule has 2 N–H and O–H groups in total. The molecule has 0 atom stereocenters. The van der Waals surface area contributed by atoms with Gasteiger partial charge in [0.1, 0.15) is 6.07 Å². The van der Waals surface area contributed by atoms with Crippen molar-refractivity contribution in [2.45, 2.75) is 0 Å². The largest absolute Gasteiger partial charge is 0.358 e. The number of nitrogens with one attached hydrogen (secondary N) is 2. The van der Waals surface area contributed by atoms with Crippen LogP contribution in [0.4, 0.5) is 5.82 Å². The van der Waals surface area contributed by atoms with E-state index in [0.717, 1.165) is 0 Å². The number of carbonyl (C=O) groups excluding carboxylic acids is 1. The smallest absolute Gasteiger partial charge is 0.239 e. The van der Waals surface area contributed by atoms with Crippen LogP contribution in [0.25, 0.3) is 0 Å². The Kier molecular flexibility index (Phi) is 3.38. The number of hydrogen-bond acceptors (Lipinski definition) is 5. The van der Waals surface area contributed by atoms with Gasteiger partial charge < -0.3 is 10.6 Å². The first kappa shape index (κ1) is 9.92. The Labute approximate surface area is 81.0 Å². The molecule has 0 radical (unpaired) electrons. The van der Waals surface area contributed by atoms with E-state index < -0.39 is 0 Å². The lowest BCUT2D eigenvalue weighted by atomic mass is 10.3. The highest BCUT2D eigenvalue weighted by Gasteiger charge is 2.04. The van der Waals surface area contributed by atoms with Crippen LogP contribution in [0.15, 0.2) is 12.3 Å². The molecule has 6 nitrogen and oxygen atoms in total. The highest BCUT2D eigenvalue weighted by molar-refractivity contribution is 5.80. The van der Waals surface area contributed by atoms with Crippen LogP contribution in [0.1, 0.15) is 5.56 Å². The van der Waals surface area contributed by atoms with Crippen LogP contribution in [-0.2, 0) is 4.79 Å². The summed E-state index contributed by atoms with van der Waals surface area (Å²) in [6, 6.07) is 3.47. The maximum atomic E-state index is 10.9. The maximum Gasteiger partial charge on any atom is 0.239 e. The van der Waals surface area contributed by atoms with Gasteiger partial charge in [0.25, 0.3) is 0 Å². The molecule has 0 aliphatic heterocycles. The van der Waals surface area contributed by atoms with Crippen molar-refractivity contribution in [2.24, 2.45) is 0 Å². The summed E-state index contributed by atoms with van der Waals surface area (Å²) in [6.45, 7) is 0.0733. The summed E-state index contributed by atoms with van der Waals surface area (Å²) in [5.41, 5.74) is 0.365. The molecule has 0 aromatic carbocycles. The minimum Gasteiger partial charge on any atom is -0.358 e. The fourth-order valence-corrected chi connectivity index (χ4v) is 0.805. The molecule has 0 aliphatic rings. The number of nitrogens with zero attached hydrogens (tertiary/aromatic N) is 3. The molecule has 14 heavy (non-hydrogen) atoms. The van der Waals surface area contributed by atoms with Crippen LogP contribution in [0.5, 0.6) is 0 Å². The Hall–Kier alpha value is -2.16. The van der Waals surface area contributed by atoms with Crippen LogP contribution < -0.4 is 10.6 Å². The molecule has 1 aromatic rings. The molecule has 0 saturated carbocycles. The van der Waals surface area contributed by atoms with Crippen molar-refractivity contribution < 1.29 is 4.79 Å². The van der Waals surface area contributed by atoms with E-state index in [1.54, 1.807) is 0 Å². The molecule has 6 heteroatoms. The lowest BCUT2D eigenvalue weighted by Gasteiger charge is -2.03. The summed E-state index contributed by atoms with van der Waals surface area (Å²) in [4.78, 5) is 10.9. The maximum absolute atomic E-state index is 10.9. The quantitative estimate of drug-likeness (QED) is 0.672. The van der Waals surface area contributed by atoms with Crippen molar-refractivity contribution in [3.05, 3.63) is 17.8 Å². The van der Waals surface area contributed by atoms with Crippen LogP contribution in [0, 0.1) is 11.3 Å². The van der Waals surface area contributed by atoms with Crippen LogP contribution in [0.2, 0.25) is 0 Å². The number of nitriles is 1. The second-order valence-corrected chi connectivity index (χ2v) is 2.43. The first-order valence-corrected chi connectivity index (χ1v) is 3.94. The fraction of sp³-hybridized carbons (Fsp3) is 0.250. The van der Waals surface area contributed by atoms with Gasteiger partial charge in [0, 0.05) is 7.05 Å². The Morgan fingerprint density at radius 1 is 1.71 bits per heavy atom. The summed E-state index contributed by atoms with van der Waals surface area (Å²) in [7, 11) is 1.53. The van der Waals surface area contributed by atoms with Crippen molar-refractivity contribution in [1.29, 1.82) is 5.26 Å². The standard InChI is InChI=1S/C8H9N5O/c1-10-7(14)5-11-8-6(4-9)2-3-12-13-8/h2-3H,5H2,1H3,(H,10,14)(H,11,13). The summed E-state index contributed by atoms with van der Waals surface area (Å²) in [6.07, 6.45) is 1.42. The predicted molar refractivity (Wildman–Crippen MR) is 49.3 cm³/mol. The van der Waals surface area contributed by atoms with E-state index in [0.29, 0.717) is 11.4 Å². The number of hydrogen-bond donors (Lipinski definition) is 2. The number of likely N-dealkylation sites (N-methyl/N-ethyl adjacent to an activating group) is 1. The monoisotopic (exact) mass is 191 g/mol. The average Bonchev–Trinajstić information content (AvgIpc) is 2.26. The molecule has 0 saturated heterocycles. The fourth-order valence-electron chi connectivity index (χ4n) is 0.805. The van der Waals surface area contributed by atoms with E-state index >= 15 is 0 Å². The minimum absolute atomic E-state index is 0.0733. The molecular formula is C8H9N5O. The third-order valence-corrected chi connectivity index (χ3v) is 1.54. The zero-order valence-corrected chi connectivity index (χ0v) is 7.61. The second-order valence-electron chi connectivity index (χ2n) is 2.43. The van der Waals surface area contributed by atoms with E-state index in [-0.39, 0.29) is 12.5 Å². The van der Waals surface area contributed by atoms with Crippen molar-refractivity contribution in [2.75, 3.05) is 18.9 Å². The number of rotatable bonds is 3. The van der Waals surface area contributed by atoms with Crippen LogP contribution >= 0.6 is 0 Å². The Balaban J connectivity index is 2.68. The Morgan fingerprint density at radius 3 is 3.14 bits per heavy atom. The Morgan fingerprint density at radius 2 is 2.50 bits per heavy atom. The van der Waals surface area contributed by atoms with E-state index in [1.165, 1.54) is 19.3 Å². The number of anilines is 1. The van der Waals surface area contributed by atoms with E-state index in [9.17, 15) is 4.79 Å². The lowest BCUT2D eigenvalue weighted by Crippen LogP contribution is -2.26. The molecule has 0 unspecified atom stereocenters. The van der Waals surface area contributed by atoms with Gasteiger partial charge in [0.05, 0.1) is 18.3 Å². The van der Waals surface area contributed by atoms with Crippen molar-refractivity contribution >= 4 is 11.7 Å². The molecular weight excluding hydrogens is 182 g/mol. The molecule has 1 heterocycles. The Bertz CT molecular complexity index is 370. The summed E-state index contributed by atoms with van der Waals surface area (Å²) in [5.74, 6) is 0.137. The van der Waals surface area contributed by atoms with Gasteiger partial charge in [-0.3, -0.25) is 4.79 Å². The predicted octanol–water partition coefficient (Wildman–Crippen LogP) is -0.494. The van der Waals surface area contributed by atoms with Crippen molar-refractivity contribution in [3.63, 3.8) is 0 Å². The van der Waals surface area contributed by atoms with Crippen molar-refractivity contribution in [3.8, 4) is 6.07 Å². The molecule has 0 bridgehead atoms. The average molecular weight is 191 g/mol. The molecule has 0 aliphatic carbocycles. The van der Waals surface area contributed by atoms with E-state index in [2.05, 4.69) is 20.8 Å². The zero-order valence-electron chi connectivity index (χ0n) is 7.61. The number of carbonyl (C=O) groups is 1. The lowest BCUT2D eigenvalue weighted by molar-refractivity contribution is -0.118. The van der Waals surface area contributed by atoms with Gasteiger partial charge in [-0.05, 0) is 6.07 Å². The van der Waals surface area contributed by atoms with Gasteiger partial charge in [-0.2, -0.15) is 10.4 Å². The van der Waals surface area contributed by atoms with Gasteiger partial charge in [-0.25, -0.2) is 0 Å². The topological polar surface area (TPSA) is 90.7 Å². The highest BCUT2D eigenvalue weighted by Crippen LogP contribution is 2.06. The molecule has 72 valence electrons. The molecule has 1 aromatic heterocycles. The number of aromatic nitrogens is 2. The van der Waals surface area contributed by atoms with Gasteiger partial charge in [0.2, 0.25) is 5.91 Å². The second kappa shape index (κ2) is 4.77. The third-order valence-electron chi connectivity index (χ3n) is 1.54. The molecule has 0 fully saturated rings. The van der Waals surface area contributed by atoms with Crippen LogP contribution in [-0.4, -0.2) is 29.7 Å². The zero-order chi connectivity index (χ0) is 10.4. The van der Waals surface area contributed by atoms with Gasteiger partial charge in [-0.1, -0.05) is 0 Å². The summed E-state index contributed by atoms with van der Waals surface area (Å²) < 4.78 is 0. The molecule has 0 spiro atoms.